The third-order valence-electron chi connectivity index (χ3n) is 5.02. The van der Waals surface area contributed by atoms with Crippen molar-refractivity contribution in [1.29, 1.82) is 0 Å². The Kier molecular flexibility index (Phi) is 5.46. The van der Waals surface area contributed by atoms with Crippen molar-refractivity contribution in [2.45, 2.75) is 38.8 Å². The van der Waals surface area contributed by atoms with Gasteiger partial charge < -0.3 is 9.47 Å². The third kappa shape index (κ3) is 4.00. The molecule has 0 unspecified atom stereocenters. The van der Waals surface area contributed by atoms with Crippen LogP contribution in [0.15, 0.2) is 30.9 Å². The zero-order valence-electron chi connectivity index (χ0n) is 14.2. The summed E-state index contributed by atoms with van der Waals surface area (Å²) in [5, 5.41) is 0. The summed E-state index contributed by atoms with van der Waals surface area (Å²) in [6.45, 7) is 11.1. The zero-order valence-corrected chi connectivity index (χ0v) is 14.2. The van der Waals surface area contributed by atoms with Gasteiger partial charge in [0, 0.05) is 37.4 Å². The molecule has 3 heterocycles. The Bertz CT molecular complexity index is 534. The smallest absolute Gasteiger partial charge is 0.0677 e. The van der Waals surface area contributed by atoms with E-state index in [1.165, 1.54) is 6.42 Å². The Balaban J connectivity index is 1.68. The fourth-order valence-electron chi connectivity index (χ4n) is 3.99. The highest BCUT2D eigenvalue weighted by Crippen LogP contribution is 2.40. The maximum atomic E-state index is 6.09. The van der Waals surface area contributed by atoms with Gasteiger partial charge in [0.2, 0.25) is 0 Å². The highest BCUT2D eigenvalue weighted by atomic mass is 16.5. The van der Waals surface area contributed by atoms with Gasteiger partial charge >= 0.3 is 0 Å². The number of hydrogen-bond acceptors (Lipinski definition) is 4. The average Bonchev–Trinajstić information content (AvgIpc) is 2.55. The Morgan fingerprint density at radius 1 is 1.52 bits per heavy atom. The SMILES string of the molecule is C=CCOC[C@@]12CCCO[C@@H]1CCN(Cc1cccc(C)n1)C2. The second kappa shape index (κ2) is 7.56. The molecule has 0 amide bonds. The Labute approximate surface area is 139 Å². The van der Waals surface area contributed by atoms with E-state index in [-0.39, 0.29) is 5.41 Å². The van der Waals surface area contributed by atoms with Crippen LogP contribution in [0.2, 0.25) is 0 Å². The van der Waals surface area contributed by atoms with Crippen LogP contribution in [-0.2, 0) is 16.0 Å². The maximum Gasteiger partial charge on any atom is 0.0677 e. The highest BCUT2D eigenvalue weighted by Gasteiger charge is 2.46. The van der Waals surface area contributed by atoms with Crippen LogP contribution >= 0.6 is 0 Å². The van der Waals surface area contributed by atoms with Gasteiger partial charge in [0.25, 0.3) is 0 Å². The summed E-state index contributed by atoms with van der Waals surface area (Å²) in [5.74, 6) is 0. The fraction of sp³-hybridized carbons (Fsp3) is 0.632. The molecule has 2 fully saturated rings. The molecule has 4 heteroatoms. The molecule has 0 radical (unpaired) electrons. The van der Waals surface area contributed by atoms with Crippen LogP contribution in [0, 0.1) is 12.3 Å². The summed E-state index contributed by atoms with van der Waals surface area (Å²) in [6, 6.07) is 6.27. The second-order valence-corrected chi connectivity index (χ2v) is 6.90. The second-order valence-electron chi connectivity index (χ2n) is 6.90. The van der Waals surface area contributed by atoms with Crippen LogP contribution in [-0.4, -0.2) is 48.9 Å². The van der Waals surface area contributed by atoms with E-state index in [0.717, 1.165) is 57.1 Å². The number of aryl methyl sites for hydroxylation is 1. The van der Waals surface area contributed by atoms with Gasteiger partial charge in [0.05, 0.1) is 25.0 Å². The number of hydrogen-bond donors (Lipinski definition) is 0. The minimum absolute atomic E-state index is 0.128. The van der Waals surface area contributed by atoms with Crippen LogP contribution < -0.4 is 0 Å². The molecule has 0 aromatic carbocycles. The number of aromatic nitrogens is 1. The summed E-state index contributed by atoms with van der Waals surface area (Å²) in [7, 11) is 0. The first-order valence-electron chi connectivity index (χ1n) is 8.67. The first-order chi connectivity index (χ1) is 11.2. The third-order valence-corrected chi connectivity index (χ3v) is 5.02. The molecule has 2 aliphatic heterocycles. The van der Waals surface area contributed by atoms with E-state index in [0.29, 0.717) is 12.7 Å². The fourth-order valence-corrected chi connectivity index (χ4v) is 3.99. The molecule has 0 saturated carbocycles. The number of fused-ring (bicyclic) bond motifs is 1. The van der Waals surface area contributed by atoms with Crippen molar-refractivity contribution in [3.05, 3.63) is 42.2 Å². The van der Waals surface area contributed by atoms with Gasteiger partial charge in [-0.3, -0.25) is 9.88 Å². The van der Waals surface area contributed by atoms with Crippen molar-refractivity contribution >= 4 is 0 Å². The molecule has 1 aromatic rings. The largest absolute Gasteiger partial charge is 0.377 e. The lowest BCUT2D eigenvalue weighted by Gasteiger charge is -2.50. The van der Waals surface area contributed by atoms with E-state index in [2.05, 4.69) is 41.6 Å². The Morgan fingerprint density at radius 3 is 3.26 bits per heavy atom. The summed E-state index contributed by atoms with van der Waals surface area (Å²) in [5.41, 5.74) is 2.37. The van der Waals surface area contributed by atoms with Gasteiger partial charge in [0.1, 0.15) is 0 Å². The topological polar surface area (TPSA) is 34.6 Å². The molecule has 2 aliphatic rings. The van der Waals surface area contributed by atoms with E-state index >= 15 is 0 Å². The lowest BCUT2D eigenvalue weighted by atomic mass is 9.73. The standard InChI is InChI=1S/C19H28N2O2/c1-3-11-22-15-19-9-5-12-23-18(19)8-10-21(14-19)13-17-7-4-6-16(2)20-17/h3-4,6-7,18H,1,5,8-15H2,2H3/t18-,19+/m1/s1. The molecule has 4 nitrogen and oxygen atoms in total. The molecule has 0 bridgehead atoms. The predicted octanol–water partition coefficient (Wildman–Crippen LogP) is 2.96. The van der Waals surface area contributed by atoms with E-state index in [4.69, 9.17) is 9.47 Å². The lowest BCUT2D eigenvalue weighted by Crippen LogP contribution is -2.56. The predicted molar refractivity (Wildman–Crippen MR) is 91.3 cm³/mol. The quantitative estimate of drug-likeness (QED) is 0.597. The number of piperidine rings is 1. The Morgan fingerprint density at radius 2 is 2.43 bits per heavy atom. The van der Waals surface area contributed by atoms with Crippen LogP contribution in [0.5, 0.6) is 0 Å². The van der Waals surface area contributed by atoms with E-state index in [1.807, 2.05) is 6.08 Å². The van der Waals surface area contributed by atoms with Crippen LogP contribution in [0.25, 0.3) is 0 Å². The number of nitrogens with zero attached hydrogens (tertiary/aromatic N) is 2. The number of pyridine rings is 1. The van der Waals surface area contributed by atoms with Crippen molar-refractivity contribution in [2.24, 2.45) is 5.41 Å². The summed E-state index contributed by atoms with van der Waals surface area (Å²) >= 11 is 0. The lowest BCUT2D eigenvalue weighted by molar-refractivity contribution is -0.152. The first-order valence-corrected chi connectivity index (χ1v) is 8.67. The van der Waals surface area contributed by atoms with Gasteiger partial charge in [0.15, 0.2) is 0 Å². The van der Waals surface area contributed by atoms with Gasteiger partial charge in [-0.1, -0.05) is 12.1 Å². The van der Waals surface area contributed by atoms with Crippen LogP contribution in [0.3, 0.4) is 0 Å². The molecular weight excluding hydrogens is 288 g/mol. The minimum atomic E-state index is 0.128. The van der Waals surface area contributed by atoms with Gasteiger partial charge in [-0.05, 0) is 38.3 Å². The molecule has 126 valence electrons. The molecule has 2 saturated heterocycles. The molecule has 0 N–H and O–H groups in total. The van der Waals surface area contributed by atoms with Gasteiger partial charge in [-0.15, -0.1) is 6.58 Å². The van der Waals surface area contributed by atoms with E-state index in [1.54, 1.807) is 0 Å². The molecular formula is C19H28N2O2. The average molecular weight is 316 g/mol. The number of ether oxygens (including phenoxy) is 2. The molecule has 0 spiro atoms. The highest BCUT2D eigenvalue weighted by molar-refractivity contribution is 5.10. The van der Waals surface area contributed by atoms with Crippen molar-refractivity contribution in [3.8, 4) is 0 Å². The number of likely N-dealkylation sites (tertiary alicyclic amines) is 1. The summed E-state index contributed by atoms with van der Waals surface area (Å²) < 4.78 is 11.9. The zero-order chi connectivity index (χ0) is 16.1. The molecule has 23 heavy (non-hydrogen) atoms. The van der Waals surface area contributed by atoms with Gasteiger partial charge in [-0.2, -0.15) is 0 Å². The maximum absolute atomic E-state index is 6.09. The molecule has 2 atom stereocenters. The van der Waals surface area contributed by atoms with Crippen LogP contribution in [0.4, 0.5) is 0 Å². The summed E-state index contributed by atoms with van der Waals surface area (Å²) in [6.07, 6.45) is 5.56. The van der Waals surface area contributed by atoms with Crippen molar-refractivity contribution in [2.75, 3.05) is 32.9 Å². The van der Waals surface area contributed by atoms with Crippen LogP contribution in [0.1, 0.15) is 30.7 Å². The minimum Gasteiger partial charge on any atom is -0.377 e. The molecule has 1 aromatic heterocycles. The van der Waals surface area contributed by atoms with E-state index in [9.17, 15) is 0 Å². The van der Waals surface area contributed by atoms with Crippen molar-refractivity contribution in [3.63, 3.8) is 0 Å². The Hall–Kier alpha value is -1.23. The van der Waals surface area contributed by atoms with Gasteiger partial charge in [-0.25, -0.2) is 0 Å². The normalized spacial score (nSPS) is 28.3. The van der Waals surface area contributed by atoms with Crippen molar-refractivity contribution < 1.29 is 9.47 Å². The molecule has 3 rings (SSSR count). The van der Waals surface area contributed by atoms with Crippen molar-refractivity contribution in [1.82, 2.24) is 9.88 Å². The summed E-state index contributed by atoms with van der Waals surface area (Å²) in [4.78, 5) is 7.17. The molecule has 0 aliphatic carbocycles. The first kappa shape index (κ1) is 16.6. The number of rotatable bonds is 6. The monoisotopic (exact) mass is 316 g/mol. The van der Waals surface area contributed by atoms with E-state index < -0.39 is 0 Å².